The molecule has 0 saturated heterocycles. The Bertz CT molecular complexity index is 771. The second kappa shape index (κ2) is 38.4. The van der Waals surface area contributed by atoms with E-state index in [1.807, 2.05) is 0 Å². The number of carboxylic acid groups (broad SMARTS) is 3. The maximum absolute atomic E-state index is 10.6. The molecule has 0 amide bonds. The van der Waals surface area contributed by atoms with Gasteiger partial charge < -0.3 is 26.0 Å². The molecule has 0 heterocycles. The van der Waals surface area contributed by atoms with Gasteiger partial charge in [-0.05, 0) is 70.1 Å². The van der Waals surface area contributed by atoms with Crippen LogP contribution in [0.1, 0.15) is 213 Å². The Balaban J connectivity index is 0. The van der Waals surface area contributed by atoms with Crippen LogP contribution in [0.2, 0.25) is 0 Å². The first-order valence-electron chi connectivity index (χ1n) is 20.0. The lowest BCUT2D eigenvalue weighted by molar-refractivity contribution is 0.0696. The van der Waals surface area contributed by atoms with Crippen molar-refractivity contribution in [3.63, 3.8) is 0 Å². The van der Waals surface area contributed by atoms with Crippen LogP contribution in [-0.4, -0.2) is 59.4 Å². The fourth-order valence-corrected chi connectivity index (χ4v) is 5.37. The Morgan fingerprint density at radius 2 is 0.551 bits per heavy atom. The van der Waals surface area contributed by atoms with Gasteiger partial charge in [0.2, 0.25) is 0 Å². The molecule has 49 heavy (non-hydrogen) atoms. The predicted molar refractivity (Wildman–Crippen MR) is 207 cm³/mol. The van der Waals surface area contributed by atoms with Crippen LogP contribution in [0.25, 0.3) is 0 Å². The zero-order valence-corrected chi connectivity index (χ0v) is 32.1. The topological polar surface area (TPSA) is 136 Å². The summed E-state index contributed by atoms with van der Waals surface area (Å²) in [4.78, 5) is 31.7. The van der Waals surface area contributed by atoms with Gasteiger partial charge in [0, 0.05) is 0 Å². The summed E-state index contributed by atoms with van der Waals surface area (Å²) in [6.07, 6.45) is 33.8. The molecule has 0 aliphatic carbocycles. The van der Waals surface area contributed by atoms with Crippen molar-refractivity contribution in [2.75, 3.05) is 26.2 Å². The van der Waals surface area contributed by atoms with Crippen molar-refractivity contribution in [2.45, 2.75) is 182 Å². The summed E-state index contributed by atoms with van der Waals surface area (Å²) in [6.45, 7) is 14.1. The molecule has 0 unspecified atom stereocenters. The highest BCUT2D eigenvalue weighted by molar-refractivity contribution is 5.98. The third-order valence-corrected chi connectivity index (χ3v) is 8.50. The SMILES string of the molecule is CCCCCCCCNCCCCCCCC.CCCCCCCCNCCCCCCCC.O=C(O)c1cc(C(=O)O)cc(C(=O)O)c1. The van der Waals surface area contributed by atoms with Crippen molar-refractivity contribution in [2.24, 2.45) is 0 Å². The van der Waals surface area contributed by atoms with Gasteiger partial charge >= 0.3 is 17.9 Å². The van der Waals surface area contributed by atoms with Gasteiger partial charge in [0.25, 0.3) is 0 Å². The highest BCUT2D eigenvalue weighted by Gasteiger charge is 2.14. The van der Waals surface area contributed by atoms with E-state index in [-0.39, 0.29) is 16.7 Å². The van der Waals surface area contributed by atoms with Crippen molar-refractivity contribution in [3.05, 3.63) is 34.9 Å². The number of hydrogen-bond acceptors (Lipinski definition) is 5. The van der Waals surface area contributed by atoms with E-state index in [4.69, 9.17) is 15.3 Å². The Morgan fingerprint density at radius 3 is 0.735 bits per heavy atom. The summed E-state index contributed by atoms with van der Waals surface area (Å²) in [5.41, 5.74) is -1.10. The van der Waals surface area contributed by atoms with Crippen LogP contribution in [0.3, 0.4) is 0 Å². The number of carboxylic acids is 3. The maximum Gasteiger partial charge on any atom is 0.335 e. The lowest BCUT2D eigenvalue weighted by Gasteiger charge is -2.04. The molecule has 1 rings (SSSR count). The number of rotatable bonds is 31. The first-order chi connectivity index (χ1) is 23.7. The van der Waals surface area contributed by atoms with E-state index >= 15 is 0 Å². The fourth-order valence-electron chi connectivity index (χ4n) is 5.37. The van der Waals surface area contributed by atoms with Crippen LogP contribution in [0.5, 0.6) is 0 Å². The molecule has 1 aromatic rings. The Kier molecular flexibility index (Phi) is 38.1. The highest BCUT2D eigenvalue weighted by atomic mass is 16.4. The van der Waals surface area contributed by atoms with Crippen LogP contribution in [-0.2, 0) is 0 Å². The normalized spacial score (nSPS) is 10.5. The molecule has 286 valence electrons. The van der Waals surface area contributed by atoms with Crippen LogP contribution in [0.15, 0.2) is 18.2 Å². The zero-order valence-electron chi connectivity index (χ0n) is 32.1. The minimum atomic E-state index is -1.37. The molecule has 0 fully saturated rings. The van der Waals surface area contributed by atoms with E-state index < -0.39 is 17.9 Å². The van der Waals surface area contributed by atoms with Gasteiger partial charge in [-0.3, -0.25) is 0 Å². The van der Waals surface area contributed by atoms with Crippen LogP contribution in [0.4, 0.5) is 0 Å². The minimum absolute atomic E-state index is 0.368. The Labute approximate surface area is 300 Å². The summed E-state index contributed by atoms with van der Waals surface area (Å²) >= 11 is 0. The largest absolute Gasteiger partial charge is 0.478 e. The third-order valence-electron chi connectivity index (χ3n) is 8.50. The van der Waals surface area contributed by atoms with Gasteiger partial charge in [-0.1, -0.05) is 156 Å². The molecule has 0 saturated carbocycles. The molecule has 0 radical (unpaired) electrons. The van der Waals surface area contributed by atoms with Gasteiger partial charge in [0.15, 0.2) is 0 Å². The van der Waals surface area contributed by atoms with E-state index in [0.29, 0.717) is 0 Å². The summed E-state index contributed by atoms with van der Waals surface area (Å²) in [5, 5.41) is 33.0. The number of unbranched alkanes of at least 4 members (excludes halogenated alkanes) is 20. The van der Waals surface area contributed by atoms with Gasteiger partial charge in [0.1, 0.15) is 0 Å². The quantitative estimate of drug-likeness (QED) is 0.0485. The summed E-state index contributed by atoms with van der Waals surface area (Å²) in [6, 6.07) is 2.70. The monoisotopic (exact) mass is 693 g/mol. The number of aromatic carboxylic acids is 3. The van der Waals surface area contributed by atoms with Crippen molar-refractivity contribution >= 4 is 17.9 Å². The van der Waals surface area contributed by atoms with Crippen molar-refractivity contribution in [3.8, 4) is 0 Å². The first-order valence-corrected chi connectivity index (χ1v) is 20.0. The van der Waals surface area contributed by atoms with E-state index in [9.17, 15) is 14.4 Å². The molecule has 0 atom stereocenters. The molecule has 0 spiro atoms. The maximum atomic E-state index is 10.6. The van der Waals surface area contributed by atoms with Gasteiger partial charge in [0.05, 0.1) is 16.7 Å². The van der Waals surface area contributed by atoms with E-state index in [2.05, 4.69) is 38.3 Å². The molecule has 8 heteroatoms. The molecular formula is C41H76N2O6. The number of benzene rings is 1. The number of hydrogen-bond donors (Lipinski definition) is 5. The summed E-state index contributed by atoms with van der Waals surface area (Å²) in [5.74, 6) is -4.12. The van der Waals surface area contributed by atoms with Crippen molar-refractivity contribution in [1.29, 1.82) is 0 Å². The fraction of sp³-hybridized carbons (Fsp3) is 0.780. The Hall–Kier alpha value is -2.45. The van der Waals surface area contributed by atoms with Crippen LogP contribution < -0.4 is 10.6 Å². The lowest BCUT2D eigenvalue weighted by Crippen LogP contribution is -2.16. The van der Waals surface area contributed by atoms with Gasteiger partial charge in [-0.2, -0.15) is 0 Å². The third kappa shape index (κ3) is 35.2. The van der Waals surface area contributed by atoms with Gasteiger partial charge in [-0.25, -0.2) is 14.4 Å². The van der Waals surface area contributed by atoms with Crippen LogP contribution >= 0.6 is 0 Å². The molecule has 0 aliphatic heterocycles. The number of carbonyl (C=O) groups is 3. The minimum Gasteiger partial charge on any atom is -0.478 e. The Morgan fingerprint density at radius 1 is 0.367 bits per heavy atom. The lowest BCUT2D eigenvalue weighted by atomic mass is 10.1. The summed E-state index contributed by atoms with van der Waals surface area (Å²) < 4.78 is 0. The molecule has 5 N–H and O–H groups in total. The van der Waals surface area contributed by atoms with Crippen molar-refractivity contribution in [1.82, 2.24) is 10.6 Å². The van der Waals surface area contributed by atoms with Gasteiger partial charge in [-0.15, -0.1) is 0 Å². The average Bonchev–Trinajstić information content (AvgIpc) is 3.09. The van der Waals surface area contributed by atoms with E-state index in [0.717, 1.165) is 18.2 Å². The molecular weight excluding hydrogens is 616 g/mol. The van der Waals surface area contributed by atoms with Crippen LogP contribution in [0, 0.1) is 0 Å². The molecule has 1 aromatic carbocycles. The molecule has 0 aromatic heterocycles. The number of nitrogens with one attached hydrogen (secondary N) is 2. The second-order valence-corrected chi connectivity index (χ2v) is 13.3. The molecule has 0 aliphatic rings. The highest BCUT2D eigenvalue weighted by Crippen LogP contribution is 2.11. The second-order valence-electron chi connectivity index (χ2n) is 13.3. The van der Waals surface area contributed by atoms with Crippen molar-refractivity contribution < 1.29 is 29.7 Å². The average molecular weight is 693 g/mol. The first kappa shape index (κ1) is 48.7. The summed E-state index contributed by atoms with van der Waals surface area (Å²) in [7, 11) is 0. The molecule has 0 bridgehead atoms. The standard InChI is InChI=1S/2C16H35N.C9H6O6/c2*1-3-5-7-9-11-13-15-17-16-14-12-10-8-6-4-2;10-7(11)4-1-5(8(12)13)3-6(2-4)9(14)15/h2*17H,3-16H2,1-2H3;1-3H,(H,10,11)(H,12,13)(H,14,15). The van der Waals surface area contributed by atoms with E-state index in [1.54, 1.807) is 0 Å². The smallest absolute Gasteiger partial charge is 0.335 e. The molecule has 8 nitrogen and oxygen atoms in total. The predicted octanol–water partition coefficient (Wildman–Crippen LogP) is 11.4. The zero-order chi connectivity index (χ0) is 36.8. The van der Waals surface area contributed by atoms with E-state index in [1.165, 1.54) is 180 Å².